The van der Waals surface area contributed by atoms with E-state index in [4.69, 9.17) is 5.73 Å². The Kier molecular flexibility index (Phi) is 6.02. The number of likely N-dealkylation sites (tertiary alicyclic amines) is 1. The number of piperidine rings is 1. The Labute approximate surface area is 175 Å². The van der Waals surface area contributed by atoms with Crippen LogP contribution in [0.15, 0.2) is 60.8 Å². The van der Waals surface area contributed by atoms with Gasteiger partial charge in [-0.25, -0.2) is 14.4 Å². The molecular weight excluding hydrogens is 379 g/mol. The van der Waals surface area contributed by atoms with Crippen LogP contribution in [0.4, 0.5) is 10.3 Å². The number of nitrogens with two attached hydrogens (primary N) is 1. The van der Waals surface area contributed by atoms with E-state index in [0.717, 1.165) is 43.4 Å². The Bertz CT molecular complexity index is 1010. The molecule has 2 heterocycles. The van der Waals surface area contributed by atoms with Crippen molar-refractivity contribution in [1.82, 2.24) is 14.9 Å². The summed E-state index contributed by atoms with van der Waals surface area (Å²) < 4.78 is 13.1. The molecule has 0 saturated carbocycles. The quantitative estimate of drug-likeness (QED) is 0.686. The second kappa shape index (κ2) is 9.03. The van der Waals surface area contributed by atoms with Gasteiger partial charge in [-0.2, -0.15) is 0 Å². The van der Waals surface area contributed by atoms with Gasteiger partial charge in [-0.1, -0.05) is 42.5 Å². The monoisotopic (exact) mass is 404 g/mol. The summed E-state index contributed by atoms with van der Waals surface area (Å²) in [5.74, 6) is 0.303. The van der Waals surface area contributed by atoms with Crippen molar-refractivity contribution < 1.29 is 9.18 Å². The summed E-state index contributed by atoms with van der Waals surface area (Å²) in [6.07, 6.45) is 5.45. The first kappa shape index (κ1) is 20.0. The van der Waals surface area contributed by atoms with E-state index < -0.39 is 0 Å². The highest BCUT2D eigenvalue weighted by atomic mass is 19.1. The van der Waals surface area contributed by atoms with Gasteiger partial charge in [0.2, 0.25) is 5.95 Å². The first-order valence-corrected chi connectivity index (χ1v) is 10.3. The zero-order valence-electron chi connectivity index (χ0n) is 16.8. The van der Waals surface area contributed by atoms with Crippen molar-refractivity contribution >= 4 is 11.9 Å². The molecule has 1 saturated heterocycles. The SMILES string of the molecule is Nc1ncc(C(=O)N2CCCC(CCc3ccc(F)cc3)C2)c(-c2ccccc2)n1. The van der Waals surface area contributed by atoms with Crippen molar-refractivity contribution in [3.8, 4) is 11.3 Å². The topological polar surface area (TPSA) is 72.1 Å². The summed E-state index contributed by atoms with van der Waals surface area (Å²) in [6, 6.07) is 16.2. The summed E-state index contributed by atoms with van der Waals surface area (Å²) in [7, 11) is 0. The minimum Gasteiger partial charge on any atom is -0.368 e. The normalized spacial score (nSPS) is 16.4. The van der Waals surface area contributed by atoms with Gasteiger partial charge >= 0.3 is 0 Å². The van der Waals surface area contributed by atoms with Crippen LogP contribution in [0.3, 0.4) is 0 Å². The summed E-state index contributed by atoms with van der Waals surface area (Å²) in [4.78, 5) is 23.7. The Hall–Kier alpha value is -3.28. The molecule has 0 aliphatic carbocycles. The summed E-state index contributed by atoms with van der Waals surface area (Å²) >= 11 is 0. The fraction of sp³-hybridized carbons (Fsp3) is 0.292. The molecular formula is C24H25FN4O. The van der Waals surface area contributed by atoms with Gasteiger partial charge in [-0.3, -0.25) is 4.79 Å². The molecule has 1 aliphatic rings. The molecule has 1 unspecified atom stereocenters. The highest BCUT2D eigenvalue weighted by Crippen LogP contribution is 2.27. The maximum atomic E-state index is 13.3. The van der Waals surface area contributed by atoms with Crippen molar-refractivity contribution in [2.45, 2.75) is 25.7 Å². The van der Waals surface area contributed by atoms with Gasteiger partial charge in [0.15, 0.2) is 0 Å². The molecule has 0 spiro atoms. The van der Waals surface area contributed by atoms with Crippen LogP contribution >= 0.6 is 0 Å². The van der Waals surface area contributed by atoms with Gasteiger partial charge in [0, 0.05) is 24.8 Å². The smallest absolute Gasteiger partial charge is 0.257 e. The molecule has 1 atom stereocenters. The average Bonchev–Trinajstić information content (AvgIpc) is 2.79. The van der Waals surface area contributed by atoms with Crippen LogP contribution in [0.1, 0.15) is 35.2 Å². The third kappa shape index (κ3) is 4.64. The molecule has 6 heteroatoms. The molecule has 0 bridgehead atoms. The van der Waals surface area contributed by atoms with Gasteiger partial charge in [-0.05, 0) is 49.3 Å². The Balaban J connectivity index is 1.47. The van der Waals surface area contributed by atoms with E-state index in [-0.39, 0.29) is 17.7 Å². The van der Waals surface area contributed by atoms with E-state index in [9.17, 15) is 9.18 Å². The molecule has 2 N–H and O–H groups in total. The Morgan fingerprint density at radius 1 is 1.13 bits per heavy atom. The zero-order valence-corrected chi connectivity index (χ0v) is 16.8. The van der Waals surface area contributed by atoms with E-state index in [1.165, 1.54) is 18.3 Å². The lowest BCUT2D eigenvalue weighted by Gasteiger charge is -2.33. The van der Waals surface area contributed by atoms with Crippen molar-refractivity contribution in [2.75, 3.05) is 18.8 Å². The number of nitrogen functional groups attached to an aromatic ring is 1. The number of hydrogen-bond donors (Lipinski definition) is 1. The number of aryl methyl sites for hydroxylation is 1. The molecule has 3 aromatic rings. The van der Waals surface area contributed by atoms with E-state index in [2.05, 4.69) is 9.97 Å². The summed E-state index contributed by atoms with van der Waals surface area (Å²) in [5, 5.41) is 0. The van der Waals surface area contributed by atoms with Crippen LogP contribution in [-0.2, 0) is 6.42 Å². The number of benzene rings is 2. The van der Waals surface area contributed by atoms with Gasteiger partial charge in [-0.15, -0.1) is 0 Å². The first-order chi connectivity index (χ1) is 14.6. The van der Waals surface area contributed by atoms with Gasteiger partial charge in [0.05, 0.1) is 11.3 Å². The third-order valence-electron chi connectivity index (χ3n) is 5.65. The average molecular weight is 404 g/mol. The fourth-order valence-electron chi connectivity index (χ4n) is 4.05. The second-order valence-electron chi connectivity index (χ2n) is 7.78. The number of carbonyl (C=O) groups is 1. The Morgan fingerprint density at radius 3 is 2.67 bits per heavy atom. The molecule has 1 fully saturated rings. The zero-order chi connectivity index (χ0) is 20.9. The van der Waals surface area contributed by atoms with Crippen LogP contribution in [0.5, 0.6) is 0 Å². The Morgan fingerprint density at radius 2 is 1.90 bits per heavy atom. The molecule has 30 heavy (non-hydrogen) atoms. The number of carbonyl (C=O) groups excluding carboxylic acids is 1. The predicted octanol–water partition coefficient (Wildman–Crippen LogP) is 4.35. The van der Waals surface area contributed by atoms with Gasteiger partial charge < -0.3 is 10.6 Å². The van der Waals surface area contributed by atoms with Crippen LogP contribution in [-0.4, -0.2) is 33.9 Å². The van der Waals surface area contributed by atoms with E-state index in [0.29, 0.717) is 23.7 Å². The number of amides is 1. The number of nitrogens with zero attached hydrogens (tertiary/aromatic N) is 3. The lowest BCUT2D eigenvalue weighted by Crippen LogP contribution is -2.40. The summed E-state index contributed by atoms with van der Waals surface area (Å²) in [5.41, 5.74) is 8.82. The largest absolute Gasteiger partial charge is 0.368 e. The van der Waals surface area contributed by atoms with Crippen molar-refractivity contribution in [3.63, 3.8) is 0 Å². The van der Waals surface area contributed by atoms with Gasteiger partial charge in [0.1, 0.15) is 5.82 Å². The molecule has 1 amide bonds. The molecule has 5 nitrogen and oxygen atoms in total. The number of rotatable bonds is 5. The first-order valence-electron chi connectivity index (χ1n) is 10.3. The minimum atomic E-state index is -0.215. The molecule has 154 valence electrons. The maximum Gasteiger partial charge on any atom is 0.257 e. The minimum absolute atomic E-state index is 0.0552. The van der Waals surface area contributed by atoms with E-state index >= 15 is 0 Å². The summed E-state index contributed by atoms with van der Waals surface area (Å²) in [6.45, 7) is 1.43. The number of hydrogen-bond acceptors (Lipinski definition) is 4. The number of aromatic nitrogens is 2. The lowest BCUT2D eigenvalue weighted by atomic mass is 9.91. The van der Waals surface area contributed by atoms with Gasteiger partial charge in [0.25, 0.3) is 5.91 Å². The third-order valence-corrected chi connectivity index (χ3v) is 5.65. The molecule has 0 radical (unpaired) electrons. The van der Waals surface area contributed by atoms with E-state index in [1.807, 2.05) is 47.4 Å². The van der Waals surface area contributed by atoms with E-state index in [1.54, 1.807) is 0 Å². The van der Waals surface area contributed by atoms with Crippen LogP contribution in [0.2, 0.25) is 0 Å². The number of anilines is 1. The van der Waals surface area contributed by atoms with Crippen LogP contribution < -0.4 is 5.73 Å². The molecule has 4 rings (SSSR count). The second-order valence-corrected chi connectivity index (χ2v) is 7.78. The molecule has 1 aromatic heterocycles. The van der Waals surface area contributed by atoms with Crippen LogP contribution in [0.25, 0.3) is 11.3 Å². The number of halogens is 1. The highest BCUT2D eigenvalue weighted by molar-refractivity contribution is 5.99. The maximum absolute atomic E-state index is 13.3. The van der Waals surface area contributed by atoms with Crippen molar-refractivity contribution in [1.29, 1.82) is 0 Å². The predicted molar refractivity (Wildman–Crippen MR) is 115 cm³/mol. The fourth-order valence-corrected chi connectivity index (χ4v) is 4.05. The highest BCUT2D eigenvalue weighted by Gasteiger charge is 2.27. The molecule has 1 aliphatic heterocycles. The molecule has 2 aromatic carbocycles. The lowest BCUT2D eigenvalue weighted by molar-refractivity contribution is 0.0668. The van der Waals surface area contributed by atoms with Crippen molar-refractivity contribution in [3.05, 3.63) is 77.7 Å². The standard InChI is InChI=1S/C24H25FN4O/c25-20-12-10-17(11-13-20)8-9-18-5-4-14-29(16-18)23(30)21-15-27-24(26)28-22(21)19-6-2-1-3-7-19/h1-3,6-7,10-13,15,18H,4-5,8-9,14,16H2,(H2,26,27,28). The van der Waals surface area contributed by atoms with Crippen molar-refractivity contribution in [2.24, 2.45) is 5.92 Å². The van der Waals surface area contributed by atoms with Crippen LogP contribution in [0, 0.1) is 11.7 Å².